The first-order valence-electron chi connectivity index (χ1n) is 7.62. The van der Waals surface area contributed by atoms with E-state index in [0.717, 1.165) is 38.3 Å². The Morgan fingerprint density at radius 1 is 1.05 bits per heavy atom. The van der Waals surface area contributed by atoms with Crippen LogP contribution >= 0.6 is 0 Å². The highest BCUT2D eigenvalue weighted by Crippen LogP contribution is 2.18. The van der Waals surface area contributed by atoms with E-state index >= 15 is 0 Å². The van der Waals surface area contributed by atoms with Gasteiger partial charge in [-0.25, -0.2) is 9.97 Å². The van der Waals surface area contributed by atoms with Gasteiger partial charge in [0.25, 0.3) is 0 Å². The number of hydrogen-bond donors (Lipinski definition) is 1. The van der Waals surface area contributed by atoms with Crippen LogP contribution in [0, 0.1) is 0 Å². The average molecular weight is 283 g/mol. The molecule has 0 bridgehead atoms. The van der Waals surface area contributed by atoms with Crippen LogP contribution in [0.2, 0.25) is 0 Å². The van der Waals surface area contributed by atoms with Gasteiger partial charge in [-0.15, -0.1) is 0 Å². The van der Waals surface area contributed by atoms with Crippen molar-refractivity contribution in [3.8, 4) is 5.75 Å². The van der Waals surface area contributed by atoms with Gasteiger partial charge in [-0.3, -0.25) is 0 Å². The lowest BCUT2D eigenvalue weighted by Crippen LogP contribution is -2.20. The molecule has 2 aliphatic rings. The van der Waals surface area contributed by atoms with Gasteiger partial charge >= 0.3 is 0 Å². The van der Waals surface area contributed by atoms with Crippen LogP contribution in [-0.2, 0) is 19.4 Å². The predicted molar refractivity (Wildman–Crippen MR) is 82.3 cm³/mol. The molecule has 110 valence electrons. The molecule has 1 aromatic carbocycles. The van der Waals surface area contributed by atoms with Crippen LogP contribution in [0.4, 0.5) is 0 Å². The van der Waals surface area contributed by atoms with Crippen LogP contribution < -0.4 is 10.1 Å². The highest BCUT2D eigenvalue weighted by Gasteiger charge is 2.09. The second-order valence-electron chi connectivity index (χ2n) is 5.33. The number of hydrogen-bond acceptors (Lipinski definition) is 4. The molecule has 4 rings (SSSR count). The molecule has 0 unspecified atom stereocenters. The van der Waals surface area contributed by atoms with Crippen LogP contribution in [-0.4, -0.2) is 23.1 Å². The van der Waals surface area contributed by atoms with Crippen molar-refractivity contribution in [2.45, 2.75) is 32.2 Å². The number of ether oxygens (including phenoxy) is 1. The van der Waals surface area contributed by atoms with Crippen LogP contribution in [0.5, 0.6) is 5.75 Å². The molecule has 4 nitrogen and oxygen atoms in total. The first-order chi connectivity index (χ1) is 10.4. The van der Waals surface area contributed by atoms with E-state index in [2.05, 4.69) is 21.4 Å². The van der Waals surface area contributed by atoms with Crippen molar-refractivity contribution in [1.82, 2.24) is 15.3 Å². The van der Waals surface area contributed by atoms with Gasteiger partial charge in [-0.2, -0.15) is 0 Å². The van der Waals surface area contributed by atoms with E-state index in [1.54, 1.807) is 6.33 Å². The molecular formula is C17H21N3O. The standard InChI is InChI=1S/C10H13NO.C7H8N2/c1-2-5-10-9(4-1)8-11-6-3-7-12-10;1-2-6-4-8-5-9-7(6)3-1/h1-2,4-5,11H,3,6-8H2;4-5H,1-3H2. The number of aromatic nitrogens is 2. The molecule has 0 radical (unpaired) electrons. The van der Waals surface area contributed by atoms with Crippen molar-refractivity contribution in [1.29, 1.82) is 0 Å². The Balaban J connectivity index is 0.000000131. The summed E-state index contributed by atoms with van der Waals surface area (Å²) in [6.45, 7) is 2.80. The molecule has 0 fully saturated rings. The van der Waals surface area contributed by atoms with E-state index in [0.29, 0.717) is 0 Å². The maximum absolute atomic E-state index is 5.59. The fourth-order valence-corrected chi connectivity index (χ4v) is 2.66. The molecule has 1 N–H and O–H groups in total. The fraction of sp³-hybridized carbons (Fsp3) is 0.412. The highest BCUT2D eigenvalue weighted by atomic mass is 16.5. The molecule has 4 heteroatoms. The van der Waals surface area contributed by atoms with E-state index in [-0.39, 0.29) is 0 Å². The fourth-order valence-electron chi connectivity index (χ4n) is 2.66. The topological polar surface area (TPSA) is 47.0 Å². The summed E-state index contributed by atoms with van der Waals surface area (Å²) in [5.74, 6) is 1.03. The molecule has 0 saturated carbocycles. The van der Waals surface area contributed by atoms with Gasteiger partial charge < -0.3 is 10.1 Å². The molecule has 0 saturated heterocycles. The number of nitrogens with one attached hydrogen (secondary N) is 1. The summed E-state index contributed by atoms with van der Waals surface area (Å²) < 4.78 is 5.59. The molecule has 0 amide bonds. The van der Waals surface area contributed by atoms with Gasteiger partial charge in [0.1, 0.15) is 12.1 Å². The maximum atomic E-state index is 5.59. The lowest BCUT2D eigenvalue weighted by molar-refractivity contribution is 0.295. The van der Waals surface area contributed by atoms with Crippen molar-refractivity contribution in [3.05, 3.63) is 53.6 Å². The number of nitrogens with zero attached hydrogens (tertiary/aromatic N) is 2. The van der Waals surface area contributed by atoms with Crippen LogP contribution in [0.3, 0.4) is 0 Å². The van der Waals surface area contributed by atoms with Crippen LogP contribution in [0.1, 0.15) is 29.7 Å². The predicted octanol–water partition coefficient (Wildman–Crippen LogP) is 2.52. The van der Waals surface area contributed by atoms with Gasteiger partial charge in [-0.05, 0) is 43.9 Å². The molecule has 2 heterocycles. The third-order valence-corrected chi connectivity index (χ3v) is 3.78. The average Bonchev–Trinajstić information content (AvgIpc) is 2.97. The Morgan fingerprint density at radius 3 is 2.95 bits per heavy atom. The monoisotopic (exact) mass is 283 g/mol. The molecule has 1 aromatic heterocycles. The Labute approximate surface area is 125 Å². The van der Waals surface area contributed by atoms with Crippen molar-refractivity contribution in [2.75, 3.05) is 13.2 Å². The number of rotatable bonds is 0. The van der Waals surface area contributed by atoms with Crippen LogP contribution in [0.25, 0.3) is 0 Å². The van der Waals surface area contributed by atoms with Crippen molar-refractivity contribution < 1.29 is 4.74 Å². The second kappa shape index (κ2) is 7.18. The van der Waals surface area contributed by atoms with Crippen LogP contribution in [0.15, 0.2) is 36.8 Å². The maximum Gasteiger partial charge on any atom is 0.123 e. The first kappa shape index (κ1) is 14.0. The Bertz CT molecular complexity index is 536. The Hall–Kier alpha value is -1.94. The smallest absolute Gasteiger partial charge is 0.123 e. The minimum Gasteiger partial charge on any atom is -0.493 e. The van der Waals surface area contributed by atoms with E-state index in [1.165, 1.54) is 29.7 Å². The molecule has 0 atom stereocenters. The van der Waals surface area contributed by atoms with Gasteiger partial charge in [0, 0.05) is 24.0 Å². The summed E-state index contributed by atoms with van der Waals surface area (Å²) in [4.78, 5) is 8.09. The Kier molecular flexibility index (Phi) is 4.79. The van der Waals surface area contributed by atoms with Crippen molar-refractivity contribution in [3.63, 3.8) is 0 Å². The molecule has 2 aromatic rings. The van der Waals surface area contributed by atoms with Crippen molar-refractivity contribution >= 4 is 0 Å². The number of benzene rings is 1. The van der Waals surface area contributed by atoms with E-state index < -0.39 is 0 Å². The number of para-hydroxylation sites is 1. The molecule has 1 aliphatic carbocycles. The normalized spacial score (nSPS) is 16.4. The molecular weight excluding hydrogens is 262 g/mol. The van der Waals surface area contributed by atoms with E-state index in [1.807, 2.05) is 24.4 Å². The minimum atomic E-state index is 0.823. The summed E-state index contributed by atoms with van der Waals surface area (Å²) in [5, 5.41) is 3.36. The quantitative estimate of drug-likeness (QED) is 0.807. The Morgan fingerprint density at radius 2 is 2.00 bits per heavy atom. The van der Waals surface area contributed by atoms with Crippen molar-refractivity contribution in [2.24, 2.45) is 0 Å². The van der Waals surface area contributed by atoms with E-state index in [9.17, 15) is 0 Å². The number of fused-ring (bicyclic) bond motifs is 2. The van der Waals surface area contributed by atoms with Gasteiger partial charge in [0.2, 0.25) is 0 Å². The SMILES string of the molecule is c1ccc2c(c1)CNCCCO2.c1ncc2c(n1)CCC2. The van der Waals surface area contributed by atoms with Gasteiger partial charge in [0.05, 0.1) is 6.61 Å². The largest absolute Gasteiger partial charge is 0.493 e. The third kappa shape index (κ3) is 3.79. The van der Waals surface area contributed by atoms with Gasteiger partial charge in [0.15, 0.2) is 0 Å². The lowest BCUT2D eigenvalue weighted by atomic mass is 10.2. The summed E-state index contributed by atoms with van der Waals surface area (Å²) >= 11 is 0. The summed E-state index contributed by atoms with van der Waals surface area (Å²) in [6.07, 6.45) is 8.23. The minimum absolute atomic E-state index is 0.823. The lowest BCUT2D eigenvalue weighted by Gasteiger charge is -2.15. The summed E-state index contributed by atoms with van der Waals surface area (Å²) in [6, 6.07) is 8.20. The third-order valence-electron chi connectivity index (χ3n) is 3.78. The number of aryl methyl sites for hydroxylation is 2. The second-order valence-corrected chi connectivity index (χ2v) is 5.33. The zero-order valence-corrected chi connectivity index (χ0v) is 12.2. The first-order valence-corrected chi connectivity index (χ1v) is 7.62. The molecule has 21 heavy (non-hydrogen) atoms. The summed E-state index contributed by atoms with van der Waals surface area (Å²) in [7, 11) is 0. The highest BCUT2D eigenvalue weighted by molar-refractivity contribution is 5.33. The zero-order chi connectivity index (χ0) is 14.3. The van der Waals surface area contributed by atoms with E-state index in [4.69, 9.17) is 4.74 Å². The van der Waals surface area contributed by atoms with Gasteiger partial charge in [-0.1, -0.05) is 18.2 Å². The summed E-state index contributed by atoms with van der Waals surface area (Å²) in [5.41, 5.74) is 3.86. The molecule has 0 spiro atoms. The zero-order valence-electron chi connectivity index (χ0n) is 12.2. The molecule has 1 aliphatic heterocycles.